The van der Waals surface area contributed by atoms with Gasteiger partial charge in [-0.2, -0.15) is 0 Å². The number of carbonyl (C=O) groups is 1. The van der Waals surface area contributed by atoms with E-state index in [0.29, 0.717) is 23.7 Å². The van der Waals surface area contributed by atoms with E-state index in [4.69, 9.17) is 0 Å². The van der Waals surface area contributed by atoms with E-state index in [1.807, 2.05) is 0 Å². The van der Waals surface area contributed by atoms with Gasteiger partial charge < -0.3 is 10.2 Å². The highest BCUT2D eigenvalue weighted by molar-refractivity contribution is 5.75. The number of rotatable bonds is 1. The predicted octanol–water partition coefficient (Wildman–Crippen LogP) is 6.45. The second-order valence-corrected chi connectivity index (χ2v) is 13.6. The first-order valence-corrected chi connectivity index (χ1v) is 13.0. The van der Waals surface area contributed by atoms with Crippen molar-refractivity contribution in [2.75, 3.05) is 0 Å². The molecule has 0 saturated heterocycles. The van der Waals surface area contributed by atoms with Gasteiger partial charge in [-0.15, -0.1) is 0 Å². The van der Waals surface area contributed by atoms with Crippen molar-refractivity contribution in [2.45, 2.75) is 105 Å². The zero-order valence-corrected chi connectivity index (χ0v) is 20.6. The minimum atomic E-state index is -0.539. The third-order valence-corrected chi connectivity index (χ3v) is 12.5. The van der Waals surface area contributed by atoms with Crippen molar-refractivity contribution in [3.8, 4) is 0 Å². The summed E-state index contributed by atoms with van der Waals surface area (Å²) in [5.74, 6) is 1.62. The van der Waals surface area contributed by atoms with Gasteiger partial charge in [0, 0.05) is 0 Å². The lowest BCUT2D eigenvalue weighted by atomic mass is 9.33. The van der Waals surface area contributed by atoms with Gasteiger partial charge in [-0.3, -0.25) is 4.79 Å². The lowest BCUT2D eigenvalue weighted by molar-refractivity contribution is -0.199. The number of aliphatic hydroxyl groups is 1. The van der Waals surface area contributed by atoms with E-state index >= 15 is 0 Å². The van der Waals surface area contributed by atoms with Crippen LogP contribution in [0.25, 0.3) is 0 Å². The molecular formula is C28H44O3. The van der Waals surface area contributed by atoms with Crippen LogP contribution in [0, 0.1) is 50.7 Å². The predicted molar refractivity (Wildman–Crippen MR) is 123 cm³/mol. The maximum Gasteiger partial charge on any atom is 0.309 e. The summed E-state index contributed by atoms with van der Waals surface area (Å²) in [6.45, 7) is 14.4. The van der Waals surface area contributed by atoms with Gasteiger partial charge in [0.15, 0.2) is 0 Å². The Labute approximate surface area is 189 Å². The van der Waals surface area contributed by atoms with E-state index in [-0.39, 0.29) is 27.8 Å². The fourth-order valence-electron chi connectivity index (χ4n) is 10.4. The van der Waals surface area contributed by atoms with Crippen molar-refractivity contribution in [3.05, 3.63) is 11.6 Å². The first kappa shape index (κ1) is 22.0. The number of allylic oxidation sites excluding steroid dienone is 2. The van der Waals surface area contributed by atoms with Gasteiger partial charge in [0.2, 0.25) is 0 Å². The molecule has 3 nitrogen and oxygen atoms in total. The van der Waals surface area contributed by atoms with E-state index < -0.39 is 11.4 Å². The number of hydrogen-bond donors (Lipinski definition) is 2. The van der Waals surface area contributed by atoms with Crippen molar-refractivity contribution < 1.29 is 15.0 Å². The topological polar surface area (TPSA) is 57.5 Å². The Morgan fingerprint density at radius 1 is 1.03 bits per heavy atom. The van der Waals surface area contributed by atoms with Crippen LogP contribution in [-0.2, 0) is 4.79 Å². The molecule has 1 spiro atoms. The molecule has 4 saturated carbocycles. The van der Waals surface area contributed by atoms with Crippen LogP contribution in [0.5, 0.6) is 0 Å². The van der Waals surface area contributed by atoms with Gasteiger partial charge in [-0.1, -0.05) is 53.2 Å². The van der Waals surface area contributed by atoms with Crippen molar-refractivity contribution in [1.29, 1.82) is 0 Å². The molecule has 0 aromatic rings. The van der Waals surface area contributed by atoms with Crippen molar-refractivity contribution in [2.24, 2.45) is 50.7 Å². The second-order valence-electron chi connectivity index (χ2n) is 13.6. The van der Waals surface area contributed by atoms with Crippen LogP contribution in [0.2, 0.25) is 0 Å². The molecule has 0 aromatic heterocycles. The summed E-state index contributed by atoms with van der Waals surface area (Å²) in [6, 6.07) is 0. The monoisotopic (exact) mass is 428 g/mol. The molecule has 9 atom stereocenters. The maximum atomic E-state index is 12.5. The molecule has 5 aliphatic carbocycles. The Kier molecular flexibility index (Phi) is 4.53. The average Bonchev–Trinajstić information content (AvgIpc) is 2.70. The standard InChI is InChI=1S/C28H44O3/c1-17-15-27(23(30)31)14-13-26(6)20-7-8-21-24(3,4)22(29)10-11-25(21,5)19(20)9-12-28(26,16-27)18(17)2/h7,17-19,21-22,29H,8-16H2,1-6H3,(H,30,31)/t17-,18+,19+,21+,22+,25-,26-,27-,28+/m1/s1. The largest absolute Gasteiger partial charge is 0.481 e. The minimum absolute atomic E-state index is 0.0389. The molecule has 0 heterocycles. The van der Waals surface area contributed by atoms with Crippen LogP contribution in [0.1, 0.15) is 99.3 Å². The molecule has 5 aliphatic rings. The Hall–Kier alpha value is -0.830. The van der Waals surface area contributed by atoms with Crippen LogP contribution in [0.3, 0.4) is 0 Å². The quantitative estimate of drug-likeness (QED) is 0.472. The minimum Gasteiger partial charge on any atom is -0.481 e. The van der Waals surface area contributed by atoms with Crippen LogP contribution in [0.15, 0.2) is 11.6 Å². The van der Waals surface area contributed by atoms with Crippen LogP contribution in [0.4, 0.5) is 0 Å². The summed E-state index contributed by atoms with van der Waals surface area (Å²) in [7, 11) is 0. The lowest BCUT2D eigenvalue weighted by Crippen LogP contribution is -2.65. The van der Waals surface area contributed by atoms with E-state index in [1.165, 1.54) is 12.8 Å². The molecule has 0 unspecified atom stereocenters. The Balaban J connectivity index is 1.61. The SMILES string of the molecule is C[C@@H]1C[C@]2(C(=O)O)CC[C@]3(C)C4=CC[C@H]5C(C)(C)[C@@H](O)CC[C@]5(C)[C@H]4CC[C@]3(C2)[C@H]1C. The number of carboxylic acids is 1. The lowest BCUT2D eigenvalue weighted by Gasteiger charge is -2.71. The van der Waals surface area contributed by atoms with Crippen molar-refractivity contribution in [3.63, 3.8) is 0 Å². The third kappa shape index (κ3) is 2.48. The highest BCUT2D eigenvalue weighted by Crippen LogP contribution is 2.76. The van der Waals surface area contributed by atoms with E-state index in [0.717, 1.165) is 44.9 Å². The fourth-order valence-corrected chi connectivity index (χ4v) is 10.4. The molecule has 5 rings (SSSR count). The van der Waals surface area contributed by atoms with Crippen LogP contribution >= 0.6 is 0 Å². The van der Waals surface area contributed by atoms with Crippen molar-refractivity contribution >= 4 is 5.97 Å². The first-order chi connectivity index (χ1) is 14.3. The average molecular weight is 429 g/mol. The maximum absolute atomic E-state index is 12.5. The van der Waals surface area contributed by atoms with Crippen LogP contribution in [-0.4, -0.2) is 22.3 Å². The Morgan fingerprint density at radius 3 is 2.42 bits per heavy atom. The first-order valence-electron chi connectivity index (χ1n) is 13.0. The highest BCUT2D eigenvalue weighted by Gasteiger charge is 2.69. The summed E-state index contributed by atoms with van der Waals surface area (Å²) in [5, 5.41) is 21.1. The molecule has 2 bridgehead atoms. The van der Waals surface area contributed by atoms with Gasteiger partial charge in [0.25, 0.3) is 0 Å². The third-order valence-electron chi connectivity index (χ3n) is 12.5. The van der Waals surface area contributed by atoms with Gasteiger partial charge >= 0.3 is 5.97 Å². The molecular weight excluding hydrogens is 384 g/mol. The molecule has 2 N–H and O–H groups in total. The zero-order chi connectivity index (χ0) is 22.6. The number of fused-ring (bicyclic) bond motifs is 5. The summed E-state index contributed by atoms with van der Waals surface area (Å²) in [5.41, 5.74) is 1.64. The smallest absolute Gasteiger partial charge is 0.309 e. The van der Waals surface area contributed by atoms with Gasteiger partial charge in [-0.05, 0) is 103 Å². The molecule has 0 aromatic carbocycles. The van der Waals surface area contributed by atoms with Gasteiger partial charge in [0.1, 0.15) is 0 Å². The molecule has 4 fully saturated rings. The molecule has 3 heteroatoms. The Bertz CT molecular complexity index is 828. The molecule has 0 radical (unpaired) electrons. The van der Waals surface area contributed by atoms with Gasteiger partial charge in [-0.25, -0.2) is 0 Å². The van der Waals surface area contributed by atoms with E-state index in [9.17, 15) is 15.0 Å². The summed E-state index contributed by atoms with van der Waals surface area (Å²) in [6.07, 6.45) is 11.5. The number of carboxylic acid groups (broad SMARTS) is 1. The second kappa shape index (κ2) is 6.39. The normalized spacial score (nSPS) is 55.3. The van der Waals surface area contributed by atoms with E-state index in [2.05, 4.69) is 47.6 Å². The summed E-state index contributed by atoms with van der Waals surface area (Å²) < 4.78 is 0. The number of aliphatic hydroxyl groups excluding tert-OH is 1. The fraction of sp³-hybridized carbons (Fsp3) is 0.893. The molecule has 31 heavy (non-hydrogen) atoms. The molecule has 0 amide bonds. The van der Waals surface area contributed by atoms with Gasteiger partial charge in [0.05, 0.1) is 11.5 Å². The molecule has 0 aliphatic heterocycles. The zero-order valence-electron chi connectivity index (χ0n) is 20.6. The molecule has 174 valence electrons. The number of hydrogen-bond acceptors (Lipinski definition) is 2. The summed E-state index contributed by atoms with van der Waals surface area (Å²) in [4.78, 5) is 12.5. The van der Waals surface area contributed by atoms with Crippen LogP contribution < -0.4 is 0 Å². The van der Waals surface area contributed by atoms with E-state index in [1.54, 1.807) is 5.57 Å². The summed E-state index contributed by atoms with van der Waals surface area (Å²) >= 11 is 0. The van der Waals surface area contributed by atoms with Crippen molar-refractivity contribution in [1.82, 2.24) is 0 Å². The number of aliphatic carboxylic acids is 1. The highest BCUT2D eigenvalue weighted by atomic mass is 16.4. The Morgan fingerprint density at radius 2 is 1.74 bits per heavy atom.